The Morgan fingerprint density at radius 1 is 0.895 bits per heavy atom. The molecule has 4 aromatic carbocycles. The fraction of sp³-hybridized carbons (Fsp3) is 0.133. The fourth-order valence-corrected chi connectivity index (χ4v) is 5.15. The molecular weight excluding hydrogens is 503 g/mol. The lowest BCUT2D eigenvalue weighted by molar-refractivity contribution is -0.132. The molecule has 0 spiro atoms. The predicted molar refractivity (Wildman–Crippen MR) is 147 cm³/mol. The first-order valence-electron chi connectivity index (χ1n) is 12.1. The molecule has 8 heteroatoms. The number of anilines is 1. The van der Waals surface area contributed by atoms with Crippen molar-refractivity contribution in [1.29, 1.82) is 0 Å². The first kappa shape index (κ1) is 26.8. The molecule has 0 bridgehead atoms. The van der Waals surface area contributed by atoms with Gasteiger partial charge in [-0.3, -0.25) is 9.59 Å². The highest BCUT2D eigenvalue weighted by Gasteiger charge is 2.33. The summed E-state index contributed by atoms with van der Waals surface area (Å²) in [7, 11) is -4.24. The van der Waals surface area contributed by atoms with Crippen molar-refractivity contribution < 1.29 is 22.4 Å². The maximum absolute atomic E-state index is 13.6. The lowest BCUT2D eigenvalue weighted by atomic mass is 10.0. The van der Waals surface area contributed by atoms with Crippen LogP contribution in [-0.4, -0.2) is 26.8 Å². The second-order valence-electron chi connectivity index (χ2n) is 8.64. The molecule has 0 aromatic heterocycles. The molecule has 0 aliphatic carbocycles. The van der Waals surface area contributed by atoms with Gasteiger partial charge in [0, 0.05) is 12.2 Å². The summed E-state index contributed by atoms with van der Waals surface area (Å²) in [4.78, 5) is 28.3. The van der Waals surface area contributed by atoms with E-state index in [0.29, 0.717) is 16.6 Å². The van der Waals surface area contributed by atoms with E-state index in [0.717, 1.165) is 5.39 Å². The minimum atomic E-state index is -4.24. The number of halogens is 1. The van der Waals surface area contributed by atoms with E-state index in [1.807, 2.05) is 18.2 Å². The molecule has 4 aromatic rings. The van der Waals surface area contributed by atoms with Gasteiger partial charge in [0.15, 0.2) is 0 Å². The Kier molecular flexibility index (Phi) is 8.33. The Morgan fingerprint density at radius 3 is 2.24 bits per heavy atom. The smallest absolute Gasteiger partial charge is 0.264 e. The van der Waals surface area contributed by atoms with Gasteiger partial charge >= 0.3 is 0 Å². The molecule has 0 aliphatic rings. The number of hydrogen-bond donors (Lipinski definition) is 1. The number of hydrogen-bond acceptors (Lipinski definition) is 4. The van der Waals surface area contributed by atoms with Crippen LogP contribution in [0.5, 0.6) is 0 Å². The molecule has 4 rings (SSSR count). The van der Waals surface area contributed by atoms with Crippen LogP contribution in [0.2, 0.25) is 0 Å². The zero-order valence-corrected chi connectivity index (χ0v) is 21.6. The van der Waals surface area contributed by atoms with Crippen molar-refractivity contribution in [3.8, 4) is 0 Å². The molecule has 1 atom stereocenters. The molecule has 0 fully saturated rings. The zero-order chi connectivity index (χ0) is 27.1. The molecule has 0 saturated heterocycles. The van der Waals surface area contributed by atoms with Crippen molar-refractivity contribution in [2.45, 2.75) is 18.2 Å². The van der Waals surface area contributed by atoms with Crippen LogP contribution in [0.25, 0.3) is 16.8 Å². The topological polar surface area (TPSA) is 83.6 Å². The van der Waals surface area contributed by atoms with E-state index in [1.54, 1.807) is 73.7 Å². The van der Waals surface area contributed by atoms with Gasteiger partial charge in [-0.25, -0.2) is 17.5 Å². The van der Waals surface area contributed by atoms with Crippen LogP contribution >= 0.6 is 0 Å². The Hall–Kier alpha value is -4.30. The first-order valence-corrected chi connectivity index (χ1v) is 13.6. The molecule has 1 unspecified atom stereocenters. The monoisotopic (exact) mass is 530 g/mol. The third-order valence-corrected chi connectivity index (χ3v) is 7.43. The second-order valence-corrected chi connectivity index (χ2v) is 10.3. The van der Waals surface area contributed by atoms with Crippen molar-refractivity contribution in [3.05, 3.63) is 115 Å². The van der Waals surface area contributed by atoms with Gasteiger partial charge in [-0.1, -0.05) is 72.8 Å². The van der Waals surface area contributed by atoms with E-state index in [4.69, 9.17) is 0 Å². The predicted octanol–water partition coefficient (Wildman–Crippen LogP) is 5.56. The van der Waals surface area contributed by atoms with Crippen LogP contribution in [0.15, 0.2) is 108 Å². The van der Waals surface area contributed by atoms with Crippen LogP contribution in [0.1, 0.15) is 18.9 Å². The average Bonchev–Trinajstić information content (AvgIpc) is 2.92. The average molecular weight is 531 g/mol. The van der Waals surface area contributed by atoms with Crippen molar-refractivity contribution in [2.24, 2.45) is 5.92 Å². The van der Waals surface area contributed by atoms with Gasteiger partial charge < -0.3 is 4.90 Å². The third kappa shape index (κ3) is 6.33. The van der Waals surface area contributed by atoms with Crippen molar-refractivity contribution in [3.63, 3.8) is 0 Å². The normalized spacial score (nSPS) is 12.4. The molecule has 38 heavy (non-hydrogen) atoms. The zero-order valence-electron chi connectivity index (χ0n) is 20.8. The molecule has 0 heterocycles. The number of amides is 2. The molecule has 6 nitrogen and oxygen atoms in total. The summed E-state index contributed by atoms with van der Waals surface area (Å²) in [5, 5.41) is 1.57. The summed E-state index contributed by atoms with van der Waals surface area (Å²) in [6.45, 7) is 2.06. The molecule has 0 radical (unpaired) electrons. The number of carbonyl (C=O) groups is 2. The molecule has 1 N–H and O–H groups in total. The second kappa shape index (κ2) is 11.8. The van der Waals surface area contributed by atoms with E-state index in [9.17, 15) is 22.4 Å². The first-order chi connectivity index (χ1) is 18.3. The van der Waals surface area contributed by atoms with E-state index >= 15 is 0 Å². The largest absolute Gasteiger partial charge is 0.312 e. The maximum atomic E-state index is 13.6. The number of allylic oxidation sites excluding steroid dienone is 1. The summed E-state index contributed by atoms with van der Waals surface area (Å²) in [5.41, 5.74) is 1.27. The van der Waals surface area contributed by atoms with E-state index in [-0.39, 0.29) is 23.7 Å². The van der Waals surface area contributed by atoms with E-state index < -0.39 is 27.8 Å². The number of rotatable bonds is 9. The van der Waals surface area contributed by atoms with Crippen LogP contribution in [-0.2, 0) is 19.6 Å². The highest BCUT2D eigenvalue weighted by molar-refractivity contribution is 7.90. The van der Waals surface area contributed by atoms with Gasteiger partial charge in [0.1, 0.15) is 11.7 Å². The molecular formula is C30H27FN2O4S. The summed E-state index contributed by atoms with van der Waals surface area (Å²) in [6, 6.07) is 26.4. The van der Waals surface area contributed by atoms with Crippen LogP contribution in [0, 0.1) is 11.7 Å². The number of nitrogens with zero attached hydrogens (tertiary/aromatic N) is 1. The fourth-order valence-electron chi connectivity index (χ4n) is 4.09. The Morgan fingerprint density at radius 2 is 1.55 bits per heavy atom. The lowest BCUT2D eigenvalue weighted by Gasteiger charge is -2.25. The van der Waals surface area contributed by atoms with Gasteiger partial charge in [0.2, 0.25) is 11.8 Å². The SMILES string of the molecule is CCN(C(=O)C(C/C=C/c1ccc(F)cc1)C(=O)NS(=O)(=O)c1ccc2ccccc2c1)c1ccccc1. The standard InChI is InChI=1S/C30H27FN2O4S/c1-2-33(26-12-4-3-5-13-26)30(35)28(14-8-9-22-15-18-25(31)19-16-22)29(34)32-38(36,37)27-20-17-23-10-6-7-11-24(23)21-27/h3-13,15-21,28H,2,14H2,1H3,(H,32,34)/b9-8+. The number of carbonyl (C=O) groups excluding carboxylic acids is 2. The van der Waals surface area contributed by atoms with Gasteiger partial charge in [-0.15, -0.1) is 0 Å². The number of sulfonamides is 1. The van der Waals surface area contributed by atoms with Gasteiger partial charge in [0.05, 0.1) is 4.90 Å². The summed E-state index contributed by atoms with van der Waals surface area (Å²) in [5.74, 6) is -3.16. The minimum absolute atomic E-state index is 0.0569. The Bertz CT molecular complexity index is 1570. The maximum Gasteiger partial charge on any atom is 0.264 e. The Labute approximate surface area is 221 Å². The quantitative estimate of drug-likeness (QED) is 0.287. The number of para-hydroxylation sites is 1. The summed E-state index contributed by atoms with van der Waals surface area (Å²) < 4.78 is 41.6. The van der Waals surface area contributed by atoms with E-state index in [1.165, 1.54) is 29.2 Å². The highest BCUT2D eigenvalue weighted by atomic mass is 32.2. The highest BCUT2D eigenvalue weighted by Crippen LogP contribution is 2.22. The molecule has 2 amide bonds. The third-order valence-electron chi connectivity index (χ3n) is 6.08. The number of fused-ring (bicyclic) bond motifs is 1. The van der Waals surface area contributed by atoms with Gasteiger partial charge in [-0.2, -0.15) is 0 Å². The summed E-state index contributed by atoms with van der Waals surface area (Å²) >= 11 is 0. The molecule has 0 saturated carbocycles. The van der Waals surface area contributed by atoms with Gasteiger partial charge in [0.25, 0.3) is 10.0 Å². The minimum Gasteiger partial charge on any atom is -0.312 e. The molecule has 194 valence electrons. The van der Waals surface area contributed by atoms with Crippen molar-refractivity contribution >= 4 is 44.4 Å². The number of benzene rings is 4. The van der Waals surface area contributed by atoms with Crippen LogP contribution in [0.3, 0.4) is 0 Å². The van der Waals surface area contributed by atoms with E-state index in [2.05, 4.69) is 4.72 Å². The summed E-state index contributed by atoms with van der Waals surface area (Å²) in [6.07, 6.45) is 3.21. The van der Waals surface area contributed by atoms with Crippen LogP contribution in [0.4, 0.5) is 10.1 Å². The van der Waals surface area contributed by atoms with Gasteiger partial charge in [-0.05, 0) is 66.1 Å². The van der Waals surface area contributed by atoms with Crippen LogP contribution < -0.4 is 9.62 Å². The molecule has 0 aliphatic heterocycles. The lowest BCUT2D eigenvalue weighted by Crippen LogP contribution is -2.45. The number of nitrogens with one attached hydrogen (secondary N) is 1. The van der Waals surface area contributed by atoms with Crippen molar-refractivity contribution in [1.82, 2.24) is 4.72 Å². The Balaban J connectivity index is 1.61. The van der Waals surface area contributed by atoms with Crippen molar-refractivity contribution in [2.75, 3.05) is 11.4 Å².